The fourth-order valence-corrected chi connectivity index (χ4v) is 3.06. The van der Waals surface area contributed by atoms with Crippen molar-refractivity contribution in [2.45, 2.75) is 59.0 Å². The highest BCUT2D eigenvalue weighted by Crippen LogP contribution is 2.33. The molecule has 0 aliphatic carbocycles. The summed E-state index contributed by atoms with van der Waals surface area (Å²) in [5, 5.41) is 8.97. The number of fused-ring (bicyclic) bond motifs is 1. The molecule has 0 fully saturated rings. The molecular weight excluding hydrogens is 290 g/mol. The van der Waals surface area contributed by atoms with Crippen LogP contribution >= 0.6 is 0 Å². The molecule has 1 heterocycles. The van der Waals surface area contributed by atoms with Gasteiger partial charge in [0.15, 0.2) is 0 Å². The zero-order valence-corrected chi connectivity index (χ0v) is 14.8. The molecule has 1 aliphatic rings. The molecule has 128 valence electrons. The quantitative estimate of drug-likeness (QED) is 0.851. The third-order valence-electron chi connectivity index (χ3n) is 4.12. The van der Waals surface area contributed by atoms with Crippen LogP contribution < -0.4 is 4.90 Å². The van der Waals surface area contributed by atoms with Gasteiger partial charge in [0.2, 0.25) is 0 Å². The van der Waals surface area contributed by atoms with Crippen molar-refractivity contribution in [3.8, 4) is 0 Å². The number of ether oxygens (including phenoxy) is 1. The third kappa shape index (κ3) is 4.96. The number of unbranched alkanes of at least 4 members (excludes halogenated alkanes) is 1. The molecule has 0 saturated carbocycles. The van der Waals surface area contributed by atoms with Gasteiger partial charge in [0.05, 0.1) is 5.69 Å². The molecule has 0 radical (unpaired) electrons. The number of hydrogen-bond donors (Lipinski definition) is 1. The second kappa shape index (κ2) is 7.35. The van der Waals surface area contributed by atoms with E-state index in [0.717, 1.165) is 36.9 Å². The number of carbonyl (C=O) groups is 1. The average molecular weight is 319 g/mol. The van der Waals surface area contributed by atoms with Crippen LogP contribution in [0.15, 0.2) is 18.2 Å². The Morgan fingerprint density at radius 1 is 1.35 bits per heavy atom. The van der Waals surface area contributed by atoms with E-state index in [-0.39, 0.29) is 12.7 Å². The standard InChI is InChI=1S/C19H29NO3/c1-14-8-9-16-12-15(7-5-6-10-21)13-20(17(16)11-14)18(22)23-19(2,3)4/h8-9,11,15,21H,5-7,10,12-13H2,1-4H3/t15-/m0/s1. The Hall–Kier alpha value is -1.55. The van der Waals surface area contributed by atoms with Gasteiger partial charge in [-0.3, -0.25) is 4.90 Å². The lowest BCUT2D eigenvalue weighted by molar-refractivity contribution is 0.0570. The van der Waals surface area contributed by atoms with Gasteiger partial charge in [-0.1, -0.05) is 18.6 Å². The average Bonchev–Trinajstić information content (AvgIpc) is 2.45. The SMILES string of the molecule is Cc1ccc2c(c1)N(C(=O)OC(C)(C)C)C[C@@H](CCCCO)C2. The Kier molecular flexibility index (Phi) is 5.69. The summed E-state index contributed by atoms with van der Waals surface area (Å²) < 4.78 is 5.59. The summed E-state index contributed by atoms with van der Waals surface area (Å²) in [5.74, 6) is 0.421. The highest BCUT2D eigenvalue weighted by Gasteiger charge is 2.31. The number of nitrogens with zero attached hydrogens (tertiary/aromatic N) is 1. The van der Waals surface area contributed by atoms with E-state index in [4.69, 9.17) is 9.84 Å². The summed E-state index contributed by atoms with van der Waals surface area (Å²) in [4.78, 5) is 14.4. The Balaban J connectivity index is 2.20. The van der Waals surface area contributed by atoms with Crippen LogP contribution in [0.4, 0.5) is 10.5 Å². The number of benzene rings is 1. The molecule has 0 saturated heterocycles. The van der Waals surface area contributed by atoms with E-state index in [1.807, 2.05) is 27.7 Å². The highest BCUT2D eigenvalue weighted by atomic mass is 16.6. The first kappa shape index (κ1) is 17.8. The van der Waals surface area contributed by atoms with E-state index in [1.165, 1.54) is 5.56 Å². The van der Waals surface area contributed by atoms with Crippen molar-refractivity contribution < 1.29 is 14.6 Å². The molecule has 1 amide bonds. The Morgan fingerprint density at radius 3 is 2.74 bits per heavy atom. The number of aryl methyl sites for hydroxylation is 1. The molecule has 0 aromatic heterocycles. The molecule has 0 spiro atoms. The van der Waals surface area contributed by atoms with Crippen LogP contribution in [0, 0.1) is 12.8 Å². The van der Waals surface area contributed by atoms with E-state index in [2.05, 4.69) is 18.2 Å². The van der Waals surface area contributed by atoms with Crippen molar-refractivity contribution in [3.63, 3.8) is 0 Å². The highest BCUT2D eigenvalue weighted by molar-refractivity contribution is 5.89. The van der Waals surface area contributed by atoms with Crippen molar-refractivity contribution in [2.75, 3.05) is 18.1 Å². The van der Waals surface area contributed by atoms with Crippen molar-refractivity contribution >= 4 is 11.8 Å². The monoisotopic (exact) mass is 319 g/mol. The Labute approximate surface area is 139 Å². The van der Waals surface area contributed by atoms with Gasteiger partial charge in [-0.2, -0.15) is 0 Å². The van der Waals surface area contributed by atoms with Crippen LogP contribution in [0.25, 0.3) is 0 Å². The molecule has 1 N–H and O–H groups in total. The summed E-state index contributed by atoms with van der Waals surface area (Å²) >= 11 is 0. The second-order valence-electron chi connectivity index (χ2n) is 7.51. The zero-order valence-electron chi connectivity index (χ0n) is 14.8. The van der Waals surface area contributed by atoms with Crippen molar-refractivity contribution in [2.24, 2.45) is 5.92 Å². The lowest BCUT2D eigenvalue weighted by atomic mass is 9.88. The predicted molar refractivity (Wildman–Crippen MR) is 92.9 cm³/mol. The number of rotatable bonds is 4. The fourth-order valence-electron chi connectivity index (χ4n) is 3.06. The number of hydrogen-bond acceptors (Lipinski definition) is 3. The maximum Gasteiger partial charge on any atom is 0.414 e. The van der Waals surface area contributed by atoms with Crippen LogP contribution in [-0.2, 0) is 11.2 Å². The van der Waals surface area contributed by atoms with Crippen LogP contribution in [0.2, 0.25) is 0 Å². The molecule has 1 aromatic carbocycles. The van der Waals surface area contributed by atoms with E-state index in [1.54, 1.807) is 4.90 Å². The van der Waals surface area contributed by atoms with Gasteiger partial charge < -0.3 is 9.84 Å². The molecule has 1 aliphatic heterocycles. The van der Waals surface area contributed by atoms with E-state index >= 15 is 0 Å². The molecule has 1 atom stereocenters. The van der Waals surface area contributed by atoms with Crippen LogP contribution in [-0.4, -0.2) is 30.0 Å². The van der Waals surface area contributed by atoms with E-state index in [9.17, 15) is 4.79 Å². The number of anilines is 1. The Morgan fingerprint density at radius 2 is 2.09 bits per heavy atom. The molecule has 0 unspecified atom stereocenters. The molecule has 2 rings (SSSR count). The number of carbonyl (C=O) groups excluding carboxylic acids is 1. The zero-order chi connectivity index (χ0) is 17.0. The van der Waals surface area contributed by atoms with Gasteiger partial charge in [-0.25, -0.2) is 4.79 Å². The molecular formula is C19H29NO3. The summed E-state index contributed by atoms with van der Waals surface area (Å²) in [5.41, 5.74) is 2.85. The minimum atomic E-state index is -0.495. The summed E-state index contributed by atoms with van der Waals surface area (Å²) in [6.45, 7) is 8.65. The Bertz CT molecular complexity index is 548. The maximum absolute atomic E-state index is 12.6. The van der Waals surface area contributed by atoms with Crippen LogP contribution in [0.1, 0.15) is 51.2 Å². The summed E-state index contributed by atoms with van der Waals surface area (Å²) in [6, 6.07) is 6.30. The predicted octanol–water partition coefficient (Wildman–Crippen LogP) is 4.07. The largest absolute Gasteiger partial charge is 0.443 e. The van der Waals surface area contributed by atoms with Gasteiger partial charge in [-0.15, -0.1) is 0 Å². The first-order valence-electron chi connectivity index (χ1n) is 8.51. The normalized spacial score (nSPS) is 17.8. The molecule has 4 heteroatoms. The second-order valence-corrected chi connectivity index (χ2v) is 7.51. The van der Waals surface area contributed by atoms with Gasteiger partial charge in [0.25, 0.3) is 0 Å². The van der Waals surface area contributed by atoms with Crippen LogP contribution in [0.3, 0.4) is 0 Å². The van der Waals surface area contributed by atoms with Gasteiger partial charge in [0, 0.05) is 13.2 Å². The van der Waals surface area contributed by atoms with Gasteiger partial charge in [-0.05, 0) is 70.1 Å². The van der Waals surface area contributed by atoms with E-state index < -0.39 is 5.60 Å². The first-order valence-corrected chi connectivity index (χ1v) is 8.51. The third-order valence-corrected chi connectivity index (χ3v) is 4.12. The summed E-state index contributed by atoms with van der Waals surface area (Å²) in [6.07, 6.45) is 3.55. The van der Waals surface area contributed by atoms with Crippen molar-refractivity contribution in [3.05, 3.63) is 29.3 Å². The minimum absolute atomic E-state index is 0.234. The minimum Gasteiger partial charge on any atom is -0.443 e. The lowest BCUT2D eigenvalue weighted by Crippen LogP contribution is -2.43. The fraction of sp³-hybridized carbons (Fsp3) is 0.632. The van der Waals surface area contributed by atoms with Crippen molar-refractivity contribution in [1.29, 1.82) is 0 Å². The molecule has 4 nitrogen and oxygen atoms in total. The topological polar surface area (TPSA) is 49.8 Å². The van der Waals surface area contributed by atoms with Gasteiger partial charge in [0.1, 0.15) is 5.60 Å². The maximum atomic E-state index is 12.6. The lowest BCUT2D eigenvalue weighted by Gasteiger charge is -2.36. The van der Waals surface area contributed by atoms with Crippen LogP contribution in [0.5, 0.6) is 0 Å². The molecule has 1 aromatic rings. The molecule has 23 heavy (non-hydrogen) atoms. The van der Waals surface area contributed by atoms with Crippen molar-refractivity contribution in [1.82, 2.24) is 0 Å². The summed E-state index contributed by atoms with van der Waals surface area (Å²) in [7, 11) is 0. The van der Waals surface area contributed by atoms with Gasteiger partial charge >= 0.3 is 6.09 Å². The first-order chi connectivity index (χ1) is 10.8. The number of amides is 1. The number of aliphatic hydroxyl groups is 1. The number of aliphatic hydroxyl groups excluding tert-OH is 1. The smallest absolute Gasteiger partial charge is 0.414 e. The van der Waals surface area contributed by atoms with E-state index in [0.29, 0.717) is 12.5 Å². The molecule has 0 bridgehead atoms.